The third kappa shape index (κ3) is 5.74. The zero-order valence-corrected chi connectivity index (χ0v) is 17.8. The molecule has 7 heteroatoms. The van der Waals surface area contributed by atoms with Gasteiger partial charge in [0, 0.05) is 38.8 Å². The van der Waals surface area contributed by atoms with Crippen LogP contribution >= 0.6 is 0 Å². The van der Waals surface area contributed by atoms with Crippen LogP contribution in [0, 0.1) is 13.8 Å². The van der Waals surface area contributed by atoms with Gasteiger partial charge in [0.2, 0.25) is 0 Å². The van der Waals surface area contributed by atoms with Crippen LogP contribution in [-0.4, -0.2) is 57.9 Å². The van der Waals surface area contributed by atoms with Gasteiger partial charge >= 0.3 is 0 Å². The third-order valence-electron chi connectivity index (χ3n) is 5.26. The van der Waals surface area contributed by atoms with E-state index in [1.807, 2.05) is 26.0 Å². The summed E-state index contributed by atoms with van der Waals surface area (Å²) >= 11 is 0. The molecule has 1 aromatic carbocycles. The fraction of sp³-hybridized carbons (Fsp3) is 0.500. The maximum atomic E-state index is 5.61. The second-order valence-electron chi connectivity index (χ2n) is 7.18. The second kappa shape index (κ2) is 10.3. The minimum absolute atomic E-state index is 0.223. The molecule has 2 heterocycles. The molecule has 1 saturated heterocycles. The van der Waals surface area contributed by atoms with Crippen molar-refractivity contribution in [3.05, 3.63) is 53.0 Å². The van der Waals surface area contributed by atoms with Gasteiger partial charge in [-0.1, -0.05) is 12.1 Å². The van der Waals surface area contributed by atoms with Crippen molar-refractivity contribution < 1.29 is 13.9 Å². The van der Waals surface area contributed by atoms with Gasteiger partial charge < -0.3 is 24.5 Å². The van der Waals surface area contributed by atoms with E-state index in [1.165, 1.54) is 5.56 Å². The Morgan fingerprint density at radius 2 is 1.90 bits per heavy atom. The van der Waals surface area contributed by atoms with Crippen molar-refractivity contribution in [2.45, 2.75) is 26.4 Å². The van der Waals surface area contributed by atoms with E-state index in [2.05, 4.69) is 38.7 Å². The first-order chi connectivity index (χ1) is 14.1. The van der Waals surface area contributed by atoms with Crippen molar-refractivity contribution in [1.29, 1.82) is 0 Å². The SMILES string of the molecule is CN=C(NCc1cc(C)oc1C)NCC(c1ccc(OC)cc1)N1CCOCC1. The number of hydrogen-bond donors (Lipinski definition) is 2. The van der Waals surface area contributed by atoms with Gasteiger partial charge in [-0.25, -0.2) is 0 Å². The van der Waals surface area contributed by atoms with Crippen molar-refractivity contribution in [3.63, 3.8) is 0 Å². The fourth-order valence-electron chi connectivity index (χ4n) is 3.62. The van der Waals surface area contributed by atoms with E-state index in [4.69, 9.17) is 13.9 Å². The topological polar surface area (TPSA) is 71.3 Å². The molecule has 1 aromatic heterocycles. The molecule has 0 amide bonds. The van der Waals surface area contributed by atoms with Gasteiger partial charge in [-0.15, -0.1) is 0 Å². The molecule has 1 aliphatic rings. The summed E-state index contributed by atoms with van der Waals surface area (Å²) in [5, 5.41) is 6.87. The van der Waals surface area contributed by atoms with Crippen LogP contribution in [0.5, 0.6) is 5.75 Å². The summed E-state index contributed by atoms with van der Waals surface area (Å²) in [6, 6.07) is 10.6. The van der Waals surface area contributed by atoms with E-state index in [-0.39, 0.29) is 6.04 Å². The molecule has 29 heavy (non-hydrogen) atoms. The highest BCUT2D eigenvalue weighted by Crippen LogP contribution is 2.23. The largest absolute Gasteiger partial charge is 0.497 e. The fourth-order valence-corrected chi connectivity index (χ4v) is 3.62. The Morgan fingerprint density at radius 1 is 1.17 bits per heavy atom. The molecular formula is C22H32N4O3. The number of ether oxygens (including phenoxy) is 2. The highest BCUT2D eigenvalue weighted by molar-refractivity contribution is 5.79. The van der Waals surface area contributed by atoms with Gasteiger partial charge in [-0.3, -0.25) is 9.89 Å². The first kappa shape index (κ1) is 21.2. The van der Waals surface area contributed by atoms with Crippen LogP contribution in [0.1, 0.15) is 28.7 Å². The minimum atomic E-state index is 0.223. The van der Waals surface area contributed by atoms with Crippen molar-refractivity contribution in [3.8, 4) is 5.75 Å². The lowest BCUT2D eigenvalue weighted by Gasteiger charge is -2.35. The molecule has 1 unspecified atom stereocenters. The van der Waals surface area contributed by atoms with Gasteiger partial charge in [0.25, 0.3) is 0 Å². The summed E-state index contributed by atoms with van der Waals surface area (Å²) < 4.78 is 16.5. The van der Waals surface area contributed by atoms with Crippen LogP contribution in [0.3, 0.4) is 0 Å². The molecule has 0 aliphatic carbocycles. The summed E-state index contributed by atoms with van der Waals surface area (Å²) in [6.07, 6.45) is 0. The van der Waals surface area contributed by atoms with Crippen LogP contribution in [0.4, 0.5) is 0 Å². The van der Waals surface area contributed by atoms with Gasteiger partial charge in [0.1, 0.15) is 17.3 Å². The Bertz CT molecular complexity index is 795. The Hall–Kier alpha value is -2.51. The smallest absolute Gasteiger partial charge is 0.191 e. The molecule has 1 fully saturated rings. The Kier molecular flexibility index (Phi) is 7.55. The number of benzene rings is 1. The van der Waals surface area contributed by atoms with Gasteiger partial charge in [0.05, 0.1) is 26.4 Å². The van der Waals surface area contributed by atoms with Gasteiger partial charge in [0.15, 0.2) is 5.96 Å². The molecule has 7 nitrogen and oxygen atoms in total. The van der Waals surface area contributed by atoms with E-state index in [1.54, 1.807) is 14.2 Å². The molecule has 1 aliphatic heterocycles. The summed E-state index contributed by atoms with van der Waals surface area (Å²) in [5.41, 5.74) is 2.39. The predicted octanol–water partition coefficient (Wildman–Crippen LogP) is 2.64. The number of aliphatic imine (C=N–C) groups is 1. The number of nitrogens with one attached hydrogen (secondary N) is 2. The van der Waals surface area contributed by atoms with Gasteiger partial charge in [-0.05, 0) is 37.6 Å². The maximum absolute atomic E-state index is 5.61. The molecule has 0 radical (unpaired) electrons. The number of aryl methyl sites for hydroxylation is 2. The average molecular weight is 401 g/mol. The zero-order chi connectivity index (χ0) is 20.6. The van der Waals surface area contributed by atoms with E-state index < -0.39 is 0 Å². The monoisotopic (exact) mass is 400 g/mol. The molecule has 0 saturated carbocycles. The summed E-state index contributed by atoms with van der Waals surface area (Å²) in [6.45, 7) is 8.72. The van der Waals surface area contributed by atoms with E-state index >= 15 is 0 Å². The van der Waals surface area contributed by atoms with Crippen molar-refractivity contribution >= 4 is 5.96 Å². The van der Waals surface area contributed by atoms with Crippen LogP contribution in [0.2, 0.25) is 0 Å². The molecule has 0 spiro atoms. The highest BCUT2D eigenvalue weighted by atomic mass is 16.5. The molecule has 1 atom stereocenters. The lowest BCUT2D eigenvalue weighted by atomic mass is 10.0. The third-order valence-corrected chi connectivity index (χ3v) is 5.26. The first-order valence-corrected chi connectivity index (χ1v) is 10.1. The summed E-state index contributed by atoms with van der Waals surface area (Å²) in [5.74, 6) is 3.50. The Labute approximate surface area is 173 Å². The standard InChI is InChI=1S/C22H32N4O3/c1-16-13-19(17(2)29-16)14-24-22(23-3)25-15-21(26-9-11-28-12-10-26)18-5-7-20(27-4)8-6-18/h5-8,13,21H,9-12,14-15H2,1-4H3,(H2,23,24,25). The van der Waals surface area contributed by atoms with Gasteiger partial charge in [-0.2, -0.15) is 0 Å². The van der Waals surface area contributed by atoms with Crippen LogP contribution in [-0.2, 0) is 11.3 Å². The average Bonchev–Trinajstić information content (AvgIpc) is 3.08. The molecule has 2 aromatic rings. The lowest BCUT2D eigenvalue weighted by Crippen LogP contribution is -2.46. The summed E-state index contributed by atoms with van der Waals surface area (Å²) in [4.78, 5) is 6.83. The molecular weight excluding hydrogens is 368 g/mol. The van der Waals surface area contributed by atoms with Crippen molar-refractivity contribution in [2.24, 2.45) is 4.99 Å². The zero-order valence-electron chi connectivity index (χ0n) is 17.8. The number of nitrogens with zero attached hydrogens (tertiary/aromatic N) is 2. The number of rotatable bonds is 7. The van der Waals surface area contributed by atoms with Crippen LogP contribution < -0.4 is 15.4 Å². The molecule has 0 bridgehead atoms. The van der Waals surface area contributed by atoms with E-state index in [0.717, 1.165) is 61.6 Å². The predicted molar refractivity (Wildman–Crippen MR) is 115 cm³/mol. The maximum Gasteiger partial charge on any atom is 0.191 e. The number of morpholine rings is 1. The molecule has 158 valence electrons. The molecule has 2 N–H and O–H groups in total. The minimum Gasteiger partial charge on any atom is -0.497 e. The number of guanidine groups is 1. The van der Waals surface area contributed by atoms with Crippen molar-refractivity contribution in [1.82, 2.24) is 15.5 Å². The molecule has 3 rings (SSSR count). The van der Waals surface area contributed by atoms with E-state index in [0.29, 0.717) is 6.54 Å². The second-order valence-corrected chi connectivity index (χ2v) is 7.18. The number of hydrogen-bond acceptors (Lipinski definition) is 5. The van der Waals surface area contributed by atoms with Crippen LogP contribution in [0.15, 0.2) is 39.7 Å². The van der Waals surface area contributed by atoms with Crippen molar-refractivity contribution in [2.75, 3.05) is 47.0 Å². The van der Waals surface area contributed by atoms with Crippen LogP contribution in [0.25, 0.3) is 0 Å². The highest BCUT2D eigenvalue weighted by Gasteiger charge is 2.23. The summed E-state index contributed by atoms with van der Waals surface area (Å²) in [7, 11) is 3.48. The Morgan fingerprint density at radius 3 is 2.48 bits per heavy atom. The Balaban J connectivity index is 1.64. The quantitative estimate of drug-likeness (QED) is 0.550. The number of methoxy groups -OCH3 is 1. The van der Waals surface area contributed by atoms with E-state index in [9.17, 15) is 0 Å². The first-order valence-electron chi connectivity index (χ1n) is 10.1. The lowest BCUT2D eigenvalue weighted by molar-refractivity contribution is 0.0170. The number of furan rings is 1. The normalized spacial score (nSPS) is 16.5.